The Morgan fingerprint density at radius 2 is 1.90 bits per heavy atom. The Labute approximate surface area is 239 Å². The van der Waals surface area contributed by atoms with E-state index >= 15 is 0 Å². The number of carbonyl (C=O) groups excluding carboxylic acids is 3. The number of benzene rings is 1. The van der Waals surface area contributed by atoms with Gasteiger partial charge in [0.15, 0.2) is 0 Å². The molecule has 0 radical (unpaired) electrons. The molecule has 1 aliphatic heterocycles. The van der Waals surface area contributed by atoms with Crippen molar-refractivity contribution in [2.45, 2.75) is 102 Å². The molecule has 1 aliphatic carbocycles. The van der Waals surface area contributed by atoms with Gasteiger partial charge in [-0.2, -0.15) is 5.26 Å². The molecule has 1 aromatic rings. The summed E-state index contributed by atoms with van der Waals surface area (Å²) in [7, 11) is 0. The van der Waals surface area contributed by atoms with E-state index in [1.807, 2.05) is 39.8 Å². The van der Waals surface area contributed by atoms with Gasteiger partial charge in [-0.15, -0.1) is 0 Å². The van der Waals surface area contributed by atoms with Gasteiger partial charge in [0.25, 0.3) is 0 Å². The van der Waals surface area contributed by atoms with Gasteiger partial charge in [-0.05, 0) is 69.6 Å². The van der Waals surface area contributed by atoms with Gasteiger partial charge < -0.3 is 20.7 Å². The predicted octanol–water partition coefficient (Wildman–Crippen LogP) is 5.24. The van der Waals surface area contributed by atoms with Crippen LogP contribution in [0.15, 0.2) is 24.3 Å². The minimum absolute atomic E-state index is 0.00341. The lowest BCUT2D eigenvalue weighted by atomic mass is 9.82. The number of rotatable bonds is 10. The molecule has 2 aliphatic rings. The molecule has 3 amide bonds. The van der Waals surface area contributed by atoms with Crippen molar-refractivity contribution >= 4 is 29.5 Å². The van der Waals surface area contributed by atoms with E-state index in [0.717, 1.165) is 5.56 Å². The van der Waals surface area contributed by atoms with Gasteiger partial charge in [-0.25, -0.2) is 13.6 Å². The Hall–Kier alpha value is -2.93. The predicted molar refractivity (Wildman–Crippen MR) is 147 cm³/mol. The Kier molecular flexibility index (Phi) is 10.0. The molecule has 1 heterocycles. The first kappa shape index (κ1) is 31.6. The Balaban J connectivity index is 1.65. The summed E-state index contributed by atoms with van der Waals surface area (Å²) in [6, 6.07) is 7.17. The molecule has 3 N–H and O–H groups in total. The molecule has 1 saturated carbocycles. The average molecular weight is 581 g/mol. The highest BCUT2D eigenvalue weighted by molar-refractivity contribution is 6.30. The number of alkyl halides is 2. The summed E-state index contributed by atoms with van der Waals surface area (Å²) >= 11 is 6.10. The van der Waals surface area contributed by atoms with Crippen LogP contribution in [0.4, 0.5) is 13.6 Å². The molecule has 1 saturated heterocycles. The summed E-state index contributed by atoms with van der Waals surface area (Å²) in [5, 5.41) is 18.4. The van der Waals surface area contributed by atoms with Crippen LogP contribution in [0.25, 0.3) is 0 Å². The van der Waals surface area contributed by atoms with E-state index in [4.69, 9.17) is 16.3 Å². The highest BCUT2D eigenvalue weighted by atomic mass is 35.5. The van der Waals surface area contributed by atoms with Crippen molar-refractivity contribution in [2.75, 3.05) is 6.61 Å². The van der Waals surface area contributed by atoms with E-state index < -0.39 is 46.9 Å². The van der Waals surface area contributed by atoms with Gasteiger partial charge in [-0.3, -0.25) is 9.59 Å². The molecule has 3 rings (SSSR count). The second-order valence-corrected chi connectivity index (χ2v) is 12.8. The largest absolute Gasteiger partial charge is 0.449 e. The number of halogens is 3. The van der Waals surface area contributed by atoms with E-state index in [1.165, 1.54) is 0 Å². The first-order valence-corrected chi connectivity index (χ1v) is 14.1. The fourth-order valence-corrected chi connectivity index (χ4v) is 5.60. The van der Waals surface area contributed by atoms with E-state index in [9.17, 15) is 28.4 Å². The maximum Gasteiger partial charge on any atom is 0.407 e. The van der Waals surface area contributed by atoms with Gasteiger partial charge in [-0.1, -0.05) is 37.6 Å². The van der Waals surface area contributed by atoms with Crippen LogP contribution >= 0.6 is 11.6 Å². The number of amides is 3. The lowest BCUT2D eigenvalue weighted by molar-refractivity contribution is -0.126. The average Bonchev–Trinajstić information content (AvgIpc) is 3.13. The number of ether oxygens (including phenoxy) is 1. The molecule has 40 heavy (non-hydrogen) atoms. The van der Waals surface area contributed by atoms with Crippen molar-refractivity contribution in [3.05, 3.63) is 34.9 Å². The zero-order valence-corrected chi connectivity index (χ0v) is 24.2. The fraction of sp³-hybridized carbons (Fsp3) is 0.655. The fourth-order valence-electron chi connectivity index (χ4n) is 5.41. The maximum absolute atomic E-state index is 13.7. The summed E-state index contributed by atoms with van der Waals surface area (Å²) in [4.78, 5) is 38.4. The summed E-state index contributed by atoms with van der Waals surface area (Å²) in [6.07, 6.45) is -0.186. The third-order valence-electron chi connectivity index (χ3n) is 7.77. The lowest BCUT2D eigenvalue weighted by Gasteiger charge is -2.31. The van der Waals surface area contributed by atoms with Crippen LogP contribution in [0.3, 0.4) is 0 Å². The van der Waals surface area contributed by atoms with Crippen molar-refractivity contribution in [1.82, 2.24) is 16.0 Å². The Morgan fingerprint density at radius 3 is 2.48 bits per heavy atom. The SMILES string of the molecule is CC1(C)C[C@@H](C[C@@H](C#N)NC(=O)[C@H](CC2CCC(F)(F)CC2)NC(=O)OCC(C)(C)c2cccc(Cl)c2)C(=O)N1. The quantitative estimate of drug-likeness (QED) is 0.349. The van der Waals surface area contributed by atoms with Gasteiger partial charge in [0.2, 0.25) is 17.7 Å². The summed E-state index contributed by atoms with van der Waals surface area (Å²) in [6.45, 7) is 7.54. The number of hydrogen-bond donors (Lipinski definition) is 3. The molecule has 220 valence electrons. The number of carbonyl (C=O) groups is 3. The van der Waals surface area contributed by atoms with Gasteiger partial charge in [0.1, 0.15) is 18.7 Å². The standard InChI is InChI=1S/C29H39ClF2N4O4/c1-27(2,20-6-5-7-21(30)14-20)17-40-26(39)35-23(12-18-8-10-29(31,32)11-9-18)25(38)34-22(16-33)13-19-15-28(3,4)36-24(19)37/h5-7,14,18-19,22-23H,8-13,15,17H2,1-4H3,(H,34,38)(H,35,39)(H,36,37)/t19-,22+,23+/m1/s1. The van der Waals surface area contributed by atoms with E-state index in [2.05, 4.69) is 16.0 Å². The van der Waals surface area contributed by atoms with Crippen LogP contribution in [0.2, 0.25) is 5.02 Å². The van der Waals surface area contributed by atoms with Gasteiger partial charge in [0.05, 0.1) is 6.07 Å². The van der Waals surface area contributed by atoms with Gasteiger partial charge in [0, 0.05) is 34.7 Å². The zero-order valence-electron chi connectivity index (χ0n) is 23.5. The molecule has 3 atom stereocenters. The molecular formula is C29H39ClF2N4O4. The second kappa shape index (κ2) is 12.7. The zero-order chi connectivity index (χ0) is 29.7. The highest BCUT2D eigenvalue weighted by Gasteiger charge is 2.40. The molecule has 2 fully saturated rings. The van der Waals surface area contributed by atoms with E-state index in [0.29, 0.717) is 11.4 Å². The number of nitrogens with zero attached hydrogens (tertiary/aromatic N) is 1. The molecule has 1 aromatic carbocycles. The first-order chi connectivity index (χ1) is 18.6. The summed E-state index contributed by atoms with van der Waals surface area (Å²) in [5.74, 6) is -4.17. The molecule has 0 spiro atoms. The van der Waals surface area contributed by atoms with Crippen LogP contribution in [0.5, 0.6) is 0 Å². The molecular weight excluding hydrogens is 542 g/mol. The molecule has 11 heteroatoms. The minimum Gasteiger partial charge on any atom is -0.449 e. The molecule has 8 nitrogen and oxygen atoms in total. The number of nitrogens with one attached hydrogen (secondary N) is 3. The minimum atomic E-state index is -2.73. The van der Waals surface area contributed by atoms with Crippen LogP contribution in [-0.4, -0.2) is 48.1 Å². The third-order valence-corrected chi connectivity index (χ3v) is 8.00. The number of alkyl carbamates (subject to hydrolysis) is 1. The summed E-state index contributed by atoms with van der Waals surface area (Å²) < 4.78 is 32.9. The van der Waals surface area contributed by atoms with Crippen molar-refractivity contribution in [3.8, 4) is 6.07 Å². The van der Waals surface area contributed by atoms with Crippen LogP contribution in [0.1, 0.15) is 78.2 Å². The smallest absolute Gasteiger partial charge is 0.407 e. The monoisotopic (exact) mass is 580 g/mol. The van der Waals surface area contributed by atoms with Crippen LogP contribution in [-0.2, 0) is 19.7 Å². The van der Waals surface area contributed by atoms with Crippen molar-refractivity contribution in [3.63, 3.8) is 0 Å². The van der Waals surface area contributed by atoms with Crippen LogP contribution in [0, 0.1) is 23.2 Å². The van der Waals surface area contributed by atoms with Gasteiger partial charge >= 0.3 is 6.09 Å². The number of nitriles is 1. The highest BCUT2D eigenvalue weighted by Crippen LogP contribution is 2.38. The lowest BCUT2D eigenvalue weighted by Crippen LogP contribution is -2.51. The Morgan fingerprint density at radius 1 is 1.23 bits per heavy atom. The number of hydrogen-bond acceptors (Lipinski definition) is 5. The van der Waals surface area contributed by atoms with Crippen molar-refractivity contribution in [2.24, 2.45) is 11.8 Å². The molecule has 0 unspecified atom stereocenters. The van der Waals surface area contributed by atoms with Crippen LogP contribution < -0.4 is 16.0 Å². The molecule has 0 bridgehead atoms. The first-order valence-electron chi connectivity index (χ1n) is 13.7. The van der Waals surface area contributed by atoms with E-state index in [-0.39, 0.29) is 57.0 Å². The van der Waals surface area contributed by atoms with Crippen molar-refractivity contribution < 1.29 is 27.9 Å². The second-order valence-electron chi connectivity index (χ2n) is 12.4. The third kappa shape index (κ3) is 9.05. The van der Waals surface area contributed by atoms with E-state index in [1.54, 1.807) is 18.2 Å². The molecule has 0 aromatic heterocycles. The van der Waals surface area contributed by atoms with Crippen molar-refractivity contribution in [1.29, 1.82) is 5.26 Å². The normalized spacial score (nSPS) is 21.9. The Bertz CT molecular complexity index is 1130. The summed E-state index contributed by atoms with van der Waals surface area (Å²) in [5.41, 5.74) is -0.112. The maximum atomic E-state index is 13.7. The topological polar surface area (TPSA) is 120 Å².